The lowest BCUT2D eigenvalue weighted by Crippen LogP contribution is -2.12. The van der Waals surface area contributed by atoms with Crippen LogP contribution >= 0.6 is 22.9 Å². The summed E-state index contributed by atoms with van der Waals surface area (Å²) in [5, 5.41) is 3.91. The molecule has 1 N–H and O–H groups in total. The van der Waals surface area contributed by atoms with Gasteiger partial charge in [0.1, 0.15) is 5.15 Å². The van der Waals surface area contributed by atoms with E-state index in [2.05, 4.69) is 22.2 Å². The highest BCUT2D eigenvalue weighted by molar-refractivity contribution is 7.15. The van der Waals surface area contributed by atoms with Crippen molar-refractivity contribution < 1.29 is 4.79 Å². The van der Waals surface area contributed by atoms with E-state index in [1.54, 1.807) is 23.5 Å². The van der Waals surface area contributed by atoms with Crippen LogP contribution in [-0.2, 0) is 12.8 Å². The summed E-state index contributed by atoms with van der Waals surface area (Å²) in [7, 11) is 0. The van der Waals surface area contributed by atoms with Crippen LogP contribution in [-0.4, -0.2) is 15.9 Å². The maximum atomic E-state index is 12.1. The van der Waals surface area contributed by atoms with Crippen molar-refractivity contribution >= 4 is 34.0 Å². The molecule has 0 saturated heterocycles. The van der Waals surface area contributed by atoms with Crippen LogP contribution in [0.25, 0.3) is 0 Å². The average molecular weight is 322 g/mol. The van der Waals surface area contributed by atoms with Crippen LogP contribution < -0.4 is 5.32 Å². The Bertz CT molecular complexity index is 653. The van der Waals surface area contributed by atoms with Crippen LogP contribution in [0.15, 0.2) is 18.3 Å². The molecule has 6 heteroatoms. The molecule has 0 radical (unpaired) electrons. The summed E-state index contributed by atoms with van der Waals surface area (Å²) in [5.74, 6) is 0.555. The van der Waals surface area contributed by atoms with E-state index in [0.717, 1.165) is 24.5 Å². The van der Waals surface area contributed by atoms with Crippen molar-refractivity contribution in [3.8, 4) is 0 Å². The fourth-order valence-electron chi connectivity index (χ4n) is 2.52. The van der Waals surface area contributed by atoms with Crippen LogP contribution in [0.4, 0.5) is 5.13 Å². The van der Waals surface area contributed by atoms with Crippen molar-refractivity contribution in [3.05, 3.63) is 39.6 Å². The van der Waals surface area contributed by atoms with Crippen molar-refractivity contribution in [2.24, 2.45) is 5.92 Å². The Morgan fingerprint density at radius 2 is 2.38 bits per heavy atom. The number of nitrogens with zero attached hydrogens (tertiary/aromatic N) is 2. The minimum Gasteiger partial charge on any atom is -0.298 e. The number of amides is 1. The third kappa shape index (κ3) is 3.24. The molecular weight excluding hydrogens is 306 g/mol. The van der Waals surface area contributed by atoms with Crippen molar-refractivity contribution in [3.63, 3.8) is 0 Å². The molecule has 0 saturated carbocycles. The molecule has 1 amide bonds. The molecule has 0 aliphatic heterocycles. The molecule has 0 unspecified atom stereocenters. The van der Waals surface area contributed by atoms with E-state index in [1.165, 1.54) is 23.9 Å². The van der Waals surface area contributed by atoms with E-state index < -0.39 is 0 Å². The summed E-state index contributed by atoms with van der Waals surface area (Å²) in [6.07, 6.45) is 5.97. The normalized spacial score (nSPS) is 17.3. The monoisotopic (exact) mass is 321 g/mol. The molecule has 2 aromatic heterocycles. The molecule has 2 aromatic rings. The van der Waals surface area contributed by atoms with Crippen LogP contribution in [0.1, 0.15) is 40.7 Å². The van der Waals surface area contributed by atoms with Gasteiger partial charge in [-0.15, -0.1) is 11.3 Å². The minimum absolute atomic E-state index is 0.197. The first-order valence-corrected chi connectivity index (χ1v) is 8.26. The number of rotatable bonds is 3. The molecule has 0 bridgehead atoms. The van der Waals surface area contributed by atoms with E-state index in [-0.39, 0.29) is 5.91 Å². The van der Waals surface area contributed by atoms with Gasteiger partial charge in [-0.3, -0.25) is 10.1 Å². The number of pyridine rings is 1. The van der Waals surface area contributed by atoms with E-state index in [9.17, 15) is 4.79 Å². The van der Waals surface area contributed by atoms with Crippen LogP contribution in [0.2, 0.25) is 5.15 Å². The first-order valence-electron chi connectivity index (χ1n) is 7.07. The number of aromatic nitrogens is 2. The molecule has 3 rings (SSSR count). The Labute approximate surface area is 132 Å². The van der Waals surface area contributed by atoms with Gasteiger partial charge in [0.05, 0.1) is 11.3 Å². The van der Waals surface area contributed by atoms with Gasteiger partial charge in [-0.2, -0.15) is 0 Å². The second kappa shape index (κ2) is 6.12. The molecule has 0 aromatic carbocycles. The van der Waals surface area contributed by atoms with Crippen LogP contribution in [0.3, 0.4) is 0 Å². The van der Waals surface area contributed by atoms with Crippen molar-refractivity contribution in [1.82, 2.24) is 9.97 Å². The summed E-state index contributed by atoms with van der Waals surface area (Å²) >= 11 is 7.31. The maximum absolute atomic E-state index is 12.1. The second-order valence-electron chi connectivity index (χ2n) is 5.23. The molecular formula is C15H16ClN3OS. The number of aryl methyl sites for hydroxylation is 1. The van der Waals surface area contributed by atoms with Gasteiger partial charge in [0.25, 0.3) is 5.91 Å². The summed E-state index contributed by atoms with van der Waals surface area (Å²) in [6.45, 7) is 2.23. The fraction of sp³-hybridized carbons (Fsp3) is 0.400. The summed E-state index contributed by atoms with van der Waals surface area (Å²) in [6, 6.07) is 3.26. The summed E-state index contributed by atoms with van der Waals surface area (Å²) in [5.41, 5.74) is 1.63. The third-order valence-corrected chi connectivity index (χ3v) is 5.09. The van der Waals surface area contributed by atoms with Gasteiger partial charge in [-0.1, -0.05) is 24.9 Å². The number of thiazole rings is 1. The average Bonchev–Trinajstić information content (AvgIpc) is 2.88. The topological polar surface area (TPSA) is 54.9 Å². The zero-order valence-electron chi connectivity index (χ0n) is 11.7. The number of carbonyl (C=O) groups excluding carboxylic acids is 1. The lowest BCUT2D eigenvalue weighted by Gasteiger charge is -2.18. The maximum Gasteiger partial charge on any atom is 0.259 e. The first kappa shape index (κ1) is 14.5. The Kier molecular flexibility index (Phi) is 4.22. The Hall–Kier alpha value is -1.46. The zero-order chi connectivity index (χ0) is 14.8. The van der Waals surface area contributed by atoms with Gasteiger partial charge < -0.3 is 0 Å². The second-order valence-corrected chi connectivity index (χ2v) is 6.70. The first-order chi connectivity index (χ1) is 10.2. The molecule has 4 nitrogen and oxygen atoms in total. The highest BCUT2D eigenvalue weighted by Gasteiger charge is 2.22. The lowest BCUT2D eigenvalue weighted by molar-refractivity contribution is 0.102. The van der Waals surface area contributed by atoms with Gasteiger partial charge in [0.2, 0.25) is 0 Å². The van der Waals surface area contributed by atoms with Crippen LogP contribution in [0, 0.1) is 5.92 Å². The van der Waals surface area contributed by atoms with Gasteiger partial charge in [-0.25, -0.2) is 9.97 Å². The van der Waals surface area contributed by atoms with Crippen LogP contribution in [0.5, 0.6) is 0 Å². The van der Waals surface area contributed by atoms with Gasteiger partial charge in [0.15, 0.2) is 5.13 Å². The van der Waals surface area contributed by atoms with Gasteiger partial charge >= 0.3 is 0 Å². The highest BCUT2D eigenvalue weighted by Crippen LogP contribution is 2.33. The number of anilines is 1. The van der Waals surface area contributed by atoms with E-state index in [4.69, 9.17) is 11.6 Å². The number of fused-ring (bicyclic) bond motifs is 1. The quantitative estimate of drug-likeness (QED) is 0.871. The predicted molar refractivity (Wildman–Crippen MR) is 85.1 cm³/mol. The van der Waals surface area contributed by atoms with E-state index >= 15 is 0 Å². The van der Waals surface area contributed by atoms with Gasteiger partial charge in [0, 0.05) is 11.1 Å². The minimum atomic E-state index is -0.197. The van der Waals surface area contributed by atoms with Gasteiger partial charge in [-0.05, 0) is 37.3 Å². The number of halogens is 1. The Morgan fingerprint density at radius 3 is 3.10 bits per heavy atom. The Morgan fingerprint density at radius 1 is 1.52 bits per heavy atom. The molecule has 0 spiro atoms. The Balaban J connectivity index is 1.72. The predicted octanol–water partition coefficient (Wildman–Crippen LogP) is 3.96. The highest BCUT2D eigenvalue weighted by atomic mass is 35.5. The fourth-order valence-corrected chi connectivity index (χ4v) is 3.75. The van der Waals surface area contributed by atoms with Crippen molar-refractivity contribution in [1.29, 1.82) is 0 Å². The molecule has 2 heterocycles. The SMILES string of the molecule is CC[C@@H]1CCc2nc(NC(=O)c3ccc(Cl)nc3)sc2C1. The summed E-state index contributed by atoms with van der Waals surface area (Å²) < 4.78 is 0. The zero-order valence-corrected chi connectivity index (χ0v) is 13.3. The number of hydrogen-bond donors (Lipinski definition) is 1. The molecule has 21 heavy (non-hydrogen) atoms. The van der Waals surface area contributed by atoms with Crippen molar-refractivity contribution in [2.75, 3.05) is 5.32 Å². The largest absolute Gasteiger partial charge is 0.298 e. The standard InChI is InChI=1S/C15H16ClN3OS/c1-2-9-3-5-11-12(7-9)21-15(18-11)19-14(20)10-4-6-13(16)17-8-10/h4,6,8-9H,2-3,5,7H2,1H3,(H,18,19,20)/t9-/m1/s1. The molecule has 110 valence electrons. The number of nitrogens with one attached hydrogen (secondary N) is 1. The molecule has 1 aliphatic rings. The van der Waals surface area contributed by atoms with Crippen molar-refractivity contribution in [2.45, 2.75) is 32.6 Å². The molecule has 1 atom stereocenters. The van der Waals surface area contributed by atoms with E-state index in [0.29, 0.717) is 15.8 Å². The third-order valence-electron chi connectivity index (χ3n) is 3.83. The smallest absolute Gasteiger partial charge is 0.259 e. The number of hydrogen-bond acceptors (Lipinski definition) is 4. The molecule has 1 aliphatic carbocycles. The lowest BCUT2D eigenvalue weighted by atomic mass is 9.89. The summed E-state index contributed by atoms with van der Waals surface area (Å²) in [4.78, 5) is 21.9. The number of carbonyl (C=O) groups is 1. The van der Waals surface area contributed by atoms with E-state index in [1.807, 2.05) is 0 Å². The molecule has 0 fully saturated rings.